The van der Waals surface area contributed by atoms with Crippen molar-refractivity contribution in [2.45, 2.75) is 24.3 Å². The van der Waals surface area contributed by atoms with Gasteiger partial charge >= 0.3 is 0 Å². The second-order valence-corrected chi connectivity index (χ2v) is 5.04. The minimum absolute atomic E-state index is 0.0139. The highest BCUT2D eigenvalue weighted by atomic mass is 32.2. The standard InChI is InChI=1S/C5H8N2O2S/c1-3-5-4(7-6-3)2-10(5,8)9/h3-5H,2H2,1H3/t3-,4-,5-/m0/s1. The summed E-state index contributed by atoms with van der Waals surface area (Å²) in [5.41, 5.74) is 0. The minimum atomic E-state index is -2.80. The van der Waals surface area contributed by atoms with Crippen molar-refractivity contribution in [2.75, 3.05) is 5.75 Å². The van der Waals surface area contributed by atoms with Crippen LogP contribution >= 0.6 is 0 Å². The van der Waals surface area contributed by atoms with Crippen LogP contribution in [-0.4, -0.2) is 31.5 Å². The lowest BCUT2D eigenvalue weighted by Crippen LogP contribution is -2.52. The number of nitrogens with zero attached hydrogens (tertiary/aromatic N) is 2. The molecule has 0 aromatic heterocycles. The first-order valence-electron chi connectivity index (χ1n) is 3.23. The Labute approximate surface area is 59.3 Å². The summed E-state index contributed by atoms with van der Waals surface area (Å²) < 4.78 is 22.0. The van der Waals surface area contributed by atoms with Crippen molar-refractivity contribution in [2.24, 2.45) is 10.2 Å². The average molecular weight is 160 g/mol. The summed E-state index contributed by atoms with van der Waals surface area (Å²) in [7, 11) is -2.80. The van der Waals surface area contributed by atoms with Gasteiger partial charge in [0.15, 0.2) is 9.84 Å². The second kappa shape index (κ2) is 1.58. The summed E-state index contributed by atoms with van der Waals surface area (Å²) in [6, 6.07) is -0.122. The van der Waals surface area contributed by atoms with Crippen molar-refractivity contribution in [3.05, 3.63) is 0 Å². The fourth-order valence-corrected chi connectivity index (χ4v) is 3.44. The zero-order chi connectivity index (χ0) is 7.35. The van der Waals surface area contributed by atoms with Crippen LogP contribution in [0.15, 0.2) is 10.2 Å². The van der Waals surface area contributed by atoms with Gasteiger partial charge in [-0.2, -0.15) is 10.2 Å². The molecule has 10 heavy (non-hydrogen) atoms. The summed E-state index contributed by atoms with van der Waals surface area (Å²) in [6.07, 6.45) is 0. The minimum Gasteiger partial charge on any atom is -0.228 e. The van der Waals surface area contributed by atoms with E-state index in [0.29, 0.717) is 0 Å². The maximum absolute atomic E-state index is 11.0. The summed E-state index contributed by atoms with van der Waals surface area (Å²) in [5.74, 6) is 0.214. The molecule has 3 atom stereocenters. The molecular weight excluding hydrogens is 152 g/mol. The Bertz CT molecular complexity index is 274. The Morgan fingerprint density at radius 2 is 2.10 bits per heavy atom. The number of sulfone groups is 1. The van der Waals surface area contributed by atoms with Crippen molar-refractivity contribution >= 4 is 9.84 Å². The van der Waals surface area contributed by atoms with Gasteiger partial charge < -0.3 is 0 Å². The largest absolute Gasteiger partial charge is 0.228 e. The van der Waals surface area contributed by atoms with Crippen molar-refractivity contribution in [3.8, 4) is 0 Å². The highest BCUT2D eigenvalue weighted by Gasteiger charge is 2.52. The molecule has 56 valence electrons. The smallest absolute Gasteiger partial charge is 0.159 e. The van der Waals surface area contributed by atoms with Gasteiger partial charge in [0.1, 0.15) is 11.3 Å². The van der Waals surface area contributed by atoms with E-state index in [1.54, 1.807) is 6.92 Å². The highest BCUT2D eigenvalue weighted by molar-refractivity contribution is 7.93. The molecule has 2 heterocycles. The molecule has 0 aliphatic carbocycles. The first-order chi connectivity index (χ1) is 4.61. The van der Waals surface area contributed by atoms with E-state index in [0.717, 1.165) is 0 Å². The molecule has 2 aliphatic heterocycles. The molecule has 0 amide bonds. The lowest BCUT2D eigenvalue weighted by atomic mass is 10.1. The third kappa shape index (κ3) is 0.584. The normalized spacial score (nSPS) is 48.3. The van der Waals surface area contributed by atoms with E-state index >= 15 is 0 Å². The maximum atomic E-state index is 11.0. The Kier molecular flexibility index (Phi) is 0.993. The Balaban J connectivity index is 2.34. The fourth-order valence-electron chi connectivity index (χ4n) is 1.54. The predicted octanol–water partition coefficient (Wildman–Crippen LogP) is 0.00630. The Hall–Kier alpha value is -0.450. The molecule has 0 N–H and O–H groups in total. The van der Waals surface area contributed by atoms with Gasteiger partial charge in [0, 0.05) is 0 Å². The van der Waals surface area contributed by atoms with Gasteiger partial charge in [-0.25, -0.2) is 8.42 Å². The molecule has 0 unspecified atom stereocenters. The summed E-state index contributed by atoms with van der Waals surface area (Å²) in [6.45, 7) is 1.80. The summed E-state index contributed by atoms with van der Waals surface area (Å²) in [5, 5.41) is 7.34. The van der Waals surface area contributed by atoms with E-state index in [4.69, 9.17) is 0 Å². The Morgan fingerprint density at radius 1 is 1.40 bits per heavy atom. The van der Waals surface area contributed by atoms with E-state index in [1.807, 2.05) is 0 Å². The molecular formula is C5H8N2O2S. The van der Waals surface area contributed by atoms with E-state index in [9.17, 15) is 8.42 Å². The summed E-state index contributed by atoms with van der Waals surface area (Å²) >= 11 is 0. The second-order valence-electron chi connectivity index (χ2n) is 2.83. The molecule has 0 radical (unpaired) electrons. The van der Waals surface area contributed by atoms with Gasteiger partial charge in [0.25, 0.3) is 0 Å². The number of azo groups is 1. The van der Waals surface area contributed by atoms with Gasteiger partial charge in [-0.15, -0.1) is 0 Å². The predicted molar refractivity (Wildman–Crippen MR) is 35.7 cm³/mol. The van der Waals surface area contributed by atoms with Crippen LogP contribution in [0.4, 0.5) is 0 Å². The molecule has 1 saturated heterocycles. The van der Waals surface area contributed by atoms with Crippen molar-refractivity contribution in [1.29, 1.82) is 0 Å². The van der Waals surface area contributed by atoms with E-state index in [-0.39, 0.29) is 23.1 Å². The van der Waals surface area contributed by atoms with Crippen LogP contribution in [0, 0.1) is 0 Å². The van der Waals surface area contributed by atoms with Crippen LogP contribution in [0.3, 0.4) is 0 Å². The van der Waals surface area contributed by atoms with Crippen LogP contribution in [-0.2, 0) is 9.84 Å². The monoisotopic (exact) mass is 160 g/mol. The quantitative estimate of drug-likeness (QED) is 0.501. The molecule has 0 aromatic rings. The van der Waals surface area contributed by atoms with E-state index < -0.39 is 9.84 Å². The molecule has 1 fully saturated rings. The molecule has 4 nitrogen and oxygen atoms in total. The topological polar surface area (TPSA) is 58.9 Å². The summed E-state index contributed by atoms with van der Waals surface area (Å²) in [4.78, 5) is 0. The number of hydrogen-bond donors (Lipinski definition) is 0. The lowest BCUT2D eigenvalue weighted by molar-refractivity contribution is 0.520. The van der Waals surface area contributed by atoms with Crippen LogP contribution < -0.4 is 0 Å². The number of rotatable bonds is 0. The maximum Gasteiger partial charge on any atom is 0.159 e. The molecule has 0 saturated carbocycles. The van der Waals surface area contributed by atoms with Crippen molar-refractivity contribution in [3.63, 3.8) is 0 Å². The molecule has 0 aromatic carbocycles. The zero-order valence-corrected chi connectivity index (χ0v) is 6.37. The number of fused-ring (bicyclic) bond motifs is 1. The van der Waals surface area contributed by atoms with Crippen molar-refractivity contribution < 1.29 is 8.42 Å². The van der Waals surface area contributed by atoms with Gasteiger partial charge in [0.2, 0.25) is 0 Å². The first-order valence-corrected chi connectivity index (χ1v) is 4.94. The molecule has 0 spiro atoms. The van der Waals surface area contributed by atoms with Gasteiger partial charge in [0.05, 0.1) is 11.8 Å². The lowest BCUT2D eigenvalue weighted by Gasteiger charge is -2.28. The molecule has 2 rings (SSSR count). The Morgan fingerprint density at radius 3 is 2.50 bits per heavy atom. The zero-order valence-electron chi connectivity index (χ0n) is 5.56. The number of hydrogen-bond acceptors (Lipinski definition) is 4. The van der Waals surface area contributed by atoms with Crippen LogP contribution in [0.25, 0.3) is 0 Å². The van der Waals surface area contributed by atoms with Crippen LogP contribution in [0.2, 0.25) is 0 Å². The fraction of sp³-hybridized carbons (Fsp3) is 1.00. The van der Waals surface area contributed by atoms with E-state index in [1.165, 1.54) is 0 Å². The van der Waals surface area contributed by atoms with Crippen LogP contribution in [0.5, 0.6) is 0 Å². The van der Waals surface area contributed by atoms with Crippen LogP contribution in [0.1, 0.15) is 6.92 Å². The highest BCUT2D eigenvalue weighted by Crippen LogP contribution is 2.33. The van der Waals surface area contributed by atoms with Gasteiger partial charge in [-0.3, -0.25) is 0 Å². The first kappa shape index (κ1) is 6.27. The SMILES string of the molecule is C[C@@H]1N=N[C@H]2CS(=O)(=O)[C@@H]12. The van der Waals surface area contributed by atoms with Gasteiger partial charge in [-0.1, -0.05) is 0 Å². The average Bonchev–Trinajstić information content (AvgIpc) is 2.06. The third-order valence-corrected chi connectivity index (χ3v) is 4.41. The van der Waals surface area contributed by atoms with Crippen molar-refractivity contribution in [1.82, 2.24) is 0 Å². The molecule has 2 aliphatic rings. The van der Waals surface area contributed by atoms with Gasteiger partial charge in [-0.05, 0) is 6.92 Å². The van der Waals surface area contributed by atoms with E-state index in [2.05, 4.69) is 10.2 Å². The molecule has 0 bridgehead atoms. The third-order valence-electron chi connectivity index (χ3n) is 2.07. The molecule has 5 heteroatoms.